The Morgan fingerprint density at radius 1 is 0.477 bits per heavy atom. The fourth-order valence-electron chi connectivity index (χ4n) is 6.56. The molecular weight excluding hydrogens is 544 g/mol. The molecule has 4 heteroatoms. The molecule has 238 valence electrons. The third kappa shape index (κ3) is 8.81. The first kappa shape index (κ1) is 32.9. The third-order valence-electron chi connectivity index (χ3n) is 9.70. The van der Waals surface area contributed by atoms with Gasteiger partial charge in [0.2, 0.25) is 0 Å². The summed E-state index contributed by atoms with van der Waals surface area (Å²) in [5, 5.41) is 0. The lowest BCUT2D eigenvalue weighted by molar-refractivity contribution is -0.237. The lowest BCUT2D eigenvalue weighted by Gasteiger charge is -2.35. The first-order valence-electron chi connectivity index (χ1n) is 17.4. The molecule has 44 heavy (non-hydrogen) atoms. The summed E-state index contributed by atoms with van der Waals surface area (Å²) in [6.07, 6.45) is 12.6. The number of benzene rings is 3. The number of hydrogen-bond acceptors (Lipinski definition) is 4. The molecule has 2 aliphatic rings. The molecule has 0 aromatic heterocycles. The zero-order valence-electron chi connectivity index (χ0n) is 27.5. The number of hydrogen-bond donors (Lipinski definition) is 0. The minimum Gasteiger partial charge on any atom is -0.348 e. The van der Waals surface area contributed by atoms with Crippen LogP contribution in [0.25, 0.3) is 22.3 Å². The van der Waals surface area contributed by atoms with Crippen LogP contribution in [0.1, 0.15) is 116 Å². The average molecular weight is 599 g/mol. The van der Waals surface area contributed by atoms with Crippen molar-refractivity contribution in [2.75, 3.05) is 13.2 Å². The number of unbranched alkanes of at least 4 members (excludes halogenated alkanes) is 6. The van der Waals surface area contributed by atoms with Crippen LogP contribution < -0.4 is 0 Å². The van der Waals surface area contributed by atoms with Crippen LogP contribution in [0, 0.1) is 11.8 Å². The molecule has 0 saturated carbocycles. The molecule has 0 N–H and O–H groups in total. The first-order valence-corrected chi connectivity index (χ1v) is 17.4. The number of rotatable bonds is 14. The zero-order valence-corrected chi connectivity index (χ0v) is 27.5. The van der Waals surface area contributed by atoms with Gasteiger partial charge in [-0.1, -0.05) is 138 Å². The summed E-state index contributed by atoms with van der Waals surface area (Å²) in [7, 11) is 0. The molecule has 2 saturated heterocycles. The highest BCUT2D eigenvalue weighted by atomic mass is 16.7. The van der Waals surface area contributed by atoms with E-state index in [0.29, 0.717) is 11.8 Å². The van der Waals surface area contributed by atoms with Gasteiger partial charge in [-0.15, -0.1) is 0 Å². The van der Waals surface area contributed by atoms with Crippen molar-refractivity contribution in [1.29, 1.82) is 0 Å². The Kier molecular flexibility index (Phi) is 12.5. The standard InChI is InChI=1S/C40H54O4/c1-5-7-9-11-13-37-27-41-39(43-29(37)3)35-23-19-33(20-24-35)31-15-17-32(18-16-31)34-21-25-36(26-22-34)40-42-28-38(30(4)44-40)14-12-10-8-6-2/h15-26,29-30,37-40H,5-14,27-28H2,1-4H3. The molecule has 0 radical (unpaired) electrons. The summed E-state index contributed by atoms with van der Waals surface area (Å²) in [4.78, 5) is 0. The summed E-state index contributed by atoms with van der Waals surface area (Å²) < 4.78 is 24.9. The van der Waals surface area contributed by atoms with Crippen LogP contribution in [0.5, 0.6) is 0 Å². The van der Waals surface area contributed by atoms with Gasteiger partial charge in [0, 0.05) is 23.0 Å². The predicted octanol–water partition coefficient (Wildman–Crippen LogP) is 11.1. The Hall–Kier alpha value is -2.50. The molecule has 3 aromatic carbocycles. The van der Waals surface area contributed by atoms with Gasteiger partial charge in [-0.3, -0.25) is 0 Å². The summed E-state index contributed by atoms with van der Waals surface area (Å²) in [5.74, 6) is 0.986. The molecule has 2 aliphatic heterocycles. The monoisotopic (exact) mass is 598 g/mol. The second-order valence-electron chi connectivity index (χ2n) is 13.1. The molecule has 2 heterocycles. The van der Waals surface area contributed by atoms with Crippen molar-refractivity contribution in [3.63, 3.8) is 0 Å². The molecule has 0 aliphatic carbocycles. The van der Waals surface area contributed by atoms with Crippen LogP contribution in [0.2, 0.25) is 0 Å². The molecule has 6 atom stereocenters. The highest BCUT2D eigenvalue weighted by Crippen LogP contribution is 2.35. The topological polar surface area (TPSA) is 36.9 Å². The van der Waals surface area contributed by atoms with Crippen LogP contribution >= 0.6 is 0 Å². The Balaban J connectivity index is 1.12. The van der Waals surface area contributed by atoms with Crippen LogP contribution in [0.3, 0.4) is 0 Å². The van der Waals surface area contributed by atoms with Gasteiger partial charge in [-0.2, -0.15) is 0 Å². The van der Waals surface area contributed by atoms with Gasteiger partial charge in [0.15, 0.2) is 12.6 Å². The molecule has 6 unspecified atom stereocenters. The Labute approximate surface area is 266 Å². The van der Waals surface area contributed by atoms with E-state index in [1.165, 1.54) is 86.5 Å². The fourth-order valence-corrected chi connectivity index (χ4v) is 6.56. The van der Waals surface area contributed by atoms with Gasteiger partial charge >= 0.3 is 0 Å². The van der Waals surface area contributed by atoms with Crippen LogP contribution in [-0.4, -0.2) is 25.4 Å². The van der Waals surface area contributed by atoms with E-state index < -0.39 is 0 Å². The van der Waals surface area contributed by atoms with Crippen LogP contribution in [-0.2, 0) is 18.9 Å². The lowest BCUT2D eigenvalue weighted by Crippen LogP contribution is -2.34. The number of ether oxygens (including phenoxy) is 4. The smallest absolute Gasteiger partial charge is 0.184 e. The van der Waals surface area contributed by atoms with Crippen molar-refractivity contribution < 1.29 is 18.9 Å². The van der Waals surface area contributed by atoms with E-state index >= 15 is 0 Å². The van der Waals surface area contributed by atoms with Gasteiger partial charge in [0.05, 0.1) is 25.4 Å². The van der Waals surface area contributed by atoms with Crippen molar-refractivity contribution in [1.82, 2.24) is 0 Å². The molecule has 2 fully saturated rings. The maximum atomic E-state index is 6.29. The van der Waals surface area contributed by atoms with E-state index in [9.17, 15) is 0 Å². The van der Waals surface area contributed by atoms with Gasteiger partial charge in [-0.25, -0.2) is 0 Å². The van der Waals surface area contributed by atoms with Crippen molar-refractivity contribution in [3.05, 3.63) is 83.9 Å². The van der Waals surface area contributed by atoms with Crippen molar-refractivity contribution in [2.24, 2.45) is 11.8 Å². The molecule has 4 nitrogen and oxygen atoms in total. The van der Waals surface area contributed by atoms with E-state index in [2.05, 4.69) is 100 Å². The van der Waals surface area contributed by atoms with Crippen molar-refractivity contribution in [2.45, 2.75) is 117 Å². The van der Waals surface area contributed by atoms with Gasteiger partial charge in [0.25, 0.3) is 0 Å². The highest BCUT2D eigenvalue weighted by molar-refractivity contribution is 5.70. The maximum absolute atomic E-state index is 6.29. The summed E-state index contributed by atoms with van der Waals surface area (Å²) in [6, 6.07) is 26.1. The van der Waals surface area contributed by atoms with Gasteiger partial charge in [0.1, 0.15) is 0 Å². The van der Waals surface area contributed by atoms with Crippen molar-refractivity contribution >= 4 is 0 Å². The highest BCUT2D eigenvalue weighted by Gasteiger charge is 2.30. The van der Waals surface area contributed by atoms with Crippen molar-refractivity contribution in [3.8, 4) is 22.3 Å². The minimum absolute atomic E-state index is 0.223. The molecule has 3 aromatic rings. The quantitative estimate of drug-likeness (QED) is 0.173. The minimum atomic E-state index is -0.277. The van der Waals surface area contributed by atoms with E-state index in [-0.39, 0.29) is 24.8 Å². The first-order chi connectivity index (χ1) is 21.6. The largest absolute Gasteiger partial charge is 0.348 e. The predicted molar refractivity (Wildman–Crippen MR) is 180 cm³/mol. The average Bonchev–Trinajstić information content (AvgIpc) is 3.06. The molecule has 5 rings (SSSR count). The van der Waals surface area contributed by atoms with E-state index in [4.69, 9.17) is 18.9 Å². The van der Waals surface area contributed by atoms with Gasteiger partial charge < -0.3 is 18.9 Å². The molecule has 0 amide bonds. The van der Waals surface area contributed by atoms with E-state index in [1.54, 1.807) is 0 Å². The second-order valence-corrected chi connectivity index (χ2v) is 13.1. The summed E-state index contributed by atoms with van der Waals surface area (Å²) in [5.41, 5.74) is 6.96. The second kappa shape index (κ2) is 16.7. The van der Waals surface area contributed by atoms with E-state index in [1.807, 2.05) is 0 Å². The maximum Gasteiger partial charge on any atom is 0.184 e. The van der Waals surface area contributed by atoms with Gasteiger partial charge in [-0.05, 0) is 48.9 Å². The van der Waals surface area contributed by atoms with Crippen LogP contribution in [0.15, 0.2) is 72.8 Å². The third-order valence-corrected chi connectivity index (χ3v) is 9.70. The van der Waals surface area contributed by atoms with Crippen LogP contribution in [0.4, 0.5) is 0 Å². The molecule has 0 spiro atoms. The SMILES string of the molecule is CCCCCCC1COC(c2ccc(-c3ccc(-c4ccc(C5OCC(CCCCCC)C(C)O5)cc4)cc3)cc2)OC1C. The fraction of sp³-hybridized carbons (Fsp3) is 0.550. The summed E-state index contributed by atoms with van der Waals surface area (Å²) >= 11 is 0. The molecule has 0 bridgehead atoms. The molecular formula is C40H54O4. The lowest BCUT2D eigenvalue weighted by atomic mass is 9.95. The Morgan fingerprint density at radius 3 is 1.14 bits per heavy atom. The Bertz CT molecular complexity index is 1140. The summed E-state index contributed by atoms with van der Waals surface area (Å²) in [6.45, 7) is 10.5. The zero-order chi connectivity index (χ0) is 30.7. The van der Waals surface area contributed by atoms with E-state index in [0.717, 1.165) is 24.3 Å². The normalized spacial score (nSPS) is 25.6. The Morgan fingerprint density at radius 2 is 0.818 bits per heavy atom.